The molecular formula is C20H28N2O4S. The smallest absolute Gasteiger partial charge is 0.251 e. The summed E-state index contributed by atoms with van der Waals surface area (Å²) in [6, 6.07) is 6.40. The maximum Gasteiger partial charge on any atom is 0.251 e. The van der Waals surface area contributed by atoms with Crippen LogP contribution in [0.15, 0.2) is 29.2 Å². The number of carbonyl (C=O) groups excluding carboxylic acids is 1. The Balaban J connectivity index is 1.42. The number of benzene rings is 1. The molecule has 2 heterocycles. The number of rotatable bonds is 5. The Morgan fingerprint density at radius 2 is 1.67 bits per heavy atom. The van der Waals surface area contributed by atoms with Gasteiger partial charge in [-0.05, 0) is 62.3 Å². The first-order valence-electron chi connectivity index (χ1n) is 10.1. The maximum absolute atomic E-state index is 12.8. The van der Waals surface area contributed by atoms with Gasteiger partial charge in [-0.3, -0.25) is 4.79 Å². The molecule has 7 heteroatoms. The molecular weight excluding hydrogens is 364 g/mol. The van der Waals surface area contributed by atoms with Gasteiger partial charge in [0.2, 0.25) is 10.0 Å². The molecule has 3 fully saturated rings. The second kappa shape index (κ2) is 7.89. The monoisotopic (exact) mass is 392 g/mol. The van der Waals surface area contributed by atoms with Crippen molar-refractivity contribution in [1.29, 1.82) is 0 Å². The fourth-order valence-electron chi connectivity index (χ4n) is 4.12. The van der Waals surface area contributed by atoms with Gasteiger partial charge in [-0.25, -0.2) is 8.42 Å². The molecule has 0 bridgehead atoms. The van der Waals surface area contributed by atoms with Crippen molar-refractivity contribution in [3.63, 3.8) is 0 Å². The van der Waals surface area contributed by atoms with Gasteiger partial charge >= 0.3 is 0 Å². The standard InChI is InChI=1S/C20H28N2O4S/c23-20(21-18-11-14-26-19(18)15-5-6-15)16-7-9-17(10-8-16)27(24,25)22-12-3-1-2-4-13-22/h7-10,15,18-19H,1-6,11-14H2,(H,21,23)/t18-,19-/m0/s1. The highest BCUT2D eigenvalue weighted by atomic mass is 32.2. The molecule has 148 valence electrons. The minimum absolute atomic E-state index is 0.0607. The van der Waals surface area contributed by atoms with E-state index in [1.807, 2.05) is 0 Å². The van der Waals surface area contributed by atoms with E-state index in [0.29, 0.717) is 31.2 Å². The van der Waals surface area contributed by atoms with E-state index in [0.717, 1.165) is 32.1 Å². The number of hydrogen-bond donors (Lipinski definition) is 1. The zero-order chi connectivity index (χ0) is 18.9. The molecule has 0 spiro atoms. The van der Waals surface area contributed by atoms with Crippen LogP contribution in [0.3, 0.4) is 0 Å². The van der Waals surface area contributed by atoms with E-state index in [-0.39, 0.29) is 22.9 Å². The van der Waals surface area contributed by atoms with E-state index in [9.17, 15) is 13.2 Å². The number of sulfonamides is 1. The van der Waals surface area contributed by atoms with Gasteiger partial charge in [-0.1, -0.05) is 12.8 Å². The summed E-state index contributed by atoms with van der Waals surface area (Å²) in [7, 11) is -3.48. The van der Waals surface area contributed by atoms with E-state index in [4.69, 9.17) is 4.74 Å². The predicted molar refractivity (Wildman–Crippen MR) is 102 cm³/mol. The van der Waals surface area contributed by atoms with Gasteiger partial charge in [0.25, 0.3) is 5.91 Å². The molecule has 1 amide bonds. The van der Waals surface area contributed by atoms with Crippen LogP contribution in [-0.4, -0.2) is 50.5 Å². The first-order chi connectivity index (χ1) is 13.1. The number of ether oxygens (including phenoxy) is 1. The normalized spacial score (nSPS) is 27.3. The van der Waals surface area contributed by atoms with Gasteiger partial charge < -0.3 is 10.1 Å². The van der Waals surface area contributed by atoms with Gasteiger partial charge in [0.1, 0.15) is 0 Å². The summed E-state index contributed by atoms with van der Waals surface area (Å²) in [5.41, 5.74) is 0.492. The van der Waals surface area contributed by atoms with E-state index >= 15 is 0 Å². The lowest BCUT2D eigenvalue weighted by atomic mass is 10.1. The summed E-state index contributed by atoms with van der Waals surface area (Å²) < 4.78 is 33.0. The van der Waals surface area contributed by atoms with E-state index in [1.165, 1.54) is 12.8 Å². The lowest BCUT2D eigenvalue weighted by Crippen LogP contribution is -2.41. The van der Waals surface area contributed by atoms with Crippen molar-refractivity contribution in [3.8, 4) is 0 Å². The summed E-state index contributed by atoms with van der Waals surface area (Å²) in [5.74, 6) is 0.425. The number of nitrogens with one attached hydrogen (secondary N) is 1. The second-order valence-electron chi connectivity index (χ2n) is 7.88. The fourth-order valence-corrected chi connectivity index (χ4v) is 5.63. The summed E-state index contributed by atoms with van der Waals surface area (Å²) in [6.45, 7) is 1.85. The molecule has 27 heavy (non-hydrogen) atoms. The maximum atomic E-state index is 12.8. The van der Waals surface area contributed by atoms with Crippen molar-refractivity contribution in [2.24, 2.45) is 5.92 Å². The fraction of sp³-hybridized carbons (Fsp3) is 0.650. The van der Waals surface area contributed by atoms with Gasteiger partial charge in [0.05, 0.1) is 17.0 Å². The van der Waals surface area contributed by atoms with Gasteiger partial charge in [-0.2, -0.15) is 4.31 Å². The van der Waals surface area contributed by atoms with E-state index in [1.54, 1.807) is 28.6 Å². The van der Waals surface area contributed by atoms with E-state index in [2.05, 4.69) is 5.32 Å². The Morgan fingerprint density at radius 1 is 1.00 bits per heavy atom. The molecule has 6 nitrogen and oxygen atoms in total. The van der Waals surface area contributed by atoms with Crippen molar-refractivity contribution >= 4 is 15.9 Å². The van der Waals surface area contributed by atoms with Crippen LogP contribution in [0.1, 0.15) is 55.3 Å². The highest BCUT2D eigenvalue weighted by Gasteiger charge is 2.41. The molecule has 3 aliphatic rings. The topological polar surface area (TPSA) is 75.7 Å². The van der Waals surface area contributed by atoms with Crippen LogP contribution in [0.2, 0.25) is 0 Å². The van der Waals surface area contributed by atoms with Gasteiger partial charge in [0.15, 0.2) is 0 Å². The van der Waals surface area contributed by atoms with Crippen LogP contribution in [0.5, 0.6) is 0 Å². The lowest BCUT2D eigenvalue weighted by Gasteiger charge is -2.21. The molecule has 1 aromatic carbocycles. The van der Waals surface area contributed by atoms with Crippen LogP contribution >= 0.6 is 0 Å². The summed E-state index contributed by atoms with van der Waals surface area (Å²) in [5, 5.41) is 3.07. The van der Waals surface area contributed by atoms with Crippen molar-refractivity contribution < 1.29 is 17.9 Å². The molecule has 2 aliphatic heterocycles. The SMILES string of the molecule is O=C(N[C@H]1CCO[C@H]1C1CC1)c1ccc(S(=O)(=O)N2CCCCCC2)cc1. The molecule has 1 aromatic rings. The molecule has 1 aliphatic carbocycles. The average molecular weight is 393 g/mol. The Labute approximate surface area is 161 Å². The van der Waals surface area contributed by atoms with Crippen molar-refractivity contribution in [2.75, 3.05) is 19.7 Å². The number of amides is 1. The van der Waals surface area contributed by atoms with Crippen molar-refractivity contribution in [2.45, 2.75) is 62.0 Å². The third-order valence-electron chi connectivity index (χ3n) is 5.86. The highest BCUT2D eigenvalue weighted by molar-refractivity contribution is 7.89. The van der Waals surface area contributed by atoms with Crippen LogP contribution in [0, 0.1) is 5.92 Å². The van der Waals surface area contributed by atoms with Crippen LogP contribution in [0.4, 0.5) is 0 Å². The molecule has 0 aromatic heterocycles. The highest BCUT2D eigenvalue weighted by Crippen LogP contribution is 2.38. The van der Waals surface area contributed by atoms with Crippen molar-refractivity contribution in [3.05, 3.63) is 29.8 Å². The number of nitrogens with zero attached hydrogens (tertiary/aromatic N) is 1. The average Bonchev–Trinajstić information content (AvgIpc) is 3.46. The van der Waals surface area contributed by atoms with Crippen molar-refractivity contribution in [1.82, 2.24) is 9.62 Å². The largest absolute Gasteiger partial charge is 0.376 e. The second-order valence-corrected chi connectivity index (χ2v) is 9.82. The van der Waals surface area contributed by atoms with Crippen LogP contribution in [0.25, 0.3) is 0 Å². The quantitative estimate of drug-likeness (QED) is 0.836. The Morgan fingerprint density at radius 3 is 2.30 bits per heavy atom. The number of hydrogen-bond acceptors (Lipinski definition) is 4. The lowest BCUT2D eigenvalue weighted by molar-refractivity contribution is 0.0729. The molecule has 0 radical (unpaired) electrons. The molecule has 0 unspecified atom stereocenters. The summed E-state index contributed by atoms with van der Waals surface area (Å²) >= 11 is 0. The van der Waals surface area contributed by atoms with Crippen LogP contribution in [-0.2, 0) is 14.8 Å². The Hall–Kier alpha value is -1.44. The Kier molecular flexibility index (Phi) is 5.53. The third-order valence-corrected chi connectivity index (χ3v) is 7.77. The zero-order valence-corrected chi connectivity index (χ0v) is 16.4. The zero-order valence-electron chi connectivity index (χ0n) is 15.6. The number of carbonyl (C=O) groups is 1. The molecule has 4 rings (SSSR count). The Bertz CT molecular complexity index is 766. The molecule has 1 saturated carbocycles. The minimum Gasteiger partial charge on any atom is -0.376 e. The summed E-state index contributed by atoms with van der Waals surface area (Å²) in [6.07, 6.45) is 7.32. The molecule has 2 saturated heterocycles. The first kappa shape index (κ1) is 18.9. The molecule has 1 N–H and O–H groups in total. The minimum atomic E-state index is -3.48. The van der Waals surface area contributed by atoms with Gasteiger partial charge in [-0.15, -0.1) is 0 Å². The molecule has 2 atom stereocenters. The first-order valence-corrected chi connectivity index (χ1v) is 11.5. The van der Waals surface area contributed by atoms with Crippen LogP contribution < -0.4 is 5.32 Å². The third kappa shape index (κ3) is 4.20. The van der Waals surface area contributed by atoms with E-state index < -0.39 is 10.0 Å². The predicted octanol–water partition coefficient (Wildman–Crippen LogP) is 2.55. The van der Waals surface area contributed by atoms with Gasteiger partial charge in [0, 0.05) is 25.3 Å². The summed E-state index contributed by atoms with van der Waals surface area (Å²) in [4.78, 5) is 12.8.